The molecule has 0 saturated carbocycles. The average molecular weight is 370 g/mol. The van der Waals surface area contributed by atoms with Gasteiger partial charge in [0, 0.05) is 9.17 Å². The molecule has 0 aliphatic heterocycles. The summed E-state index contributed by atoms with van der Waals surface area (Å²) < 4.78 is 15.7. The van der Waals surface area contributed by atoms with Crippen molar-refractivity contribution >= 4 is 49.0 Å². The van der Waals surface area contributed by atoms with Crippen molar-refractivity contribution in [2.24, 2.45) is 0 Å². The second-order valence-corrected chi connectivity index (χ2v) is 6.84. The molecule has 0 fully saturated rings. The smallest absolute Gasteiger partial charge is 0.123 e. The van der Waals surface area contributed by atoms with Crippen molar-refractivity contribution in [1.82, 2.24) is 0 Å². The molecule has 3 rings (SSSR count). The monoisotopic (exact) mass is 368 g/mol. The van der Waals surface area contributed by atoms with Crippen molar-refractivity contribution in [2.75, 3.05) is 0 Å². The molecule has 0 aliphatic rings. The van der Waals surface area contributed by atoms with Crippen molar-refractivity contribution < 1.29 is 4.39 Å². The molecule has 1 atom stereocenters. The molecule has 0 bridgehead atoms. The van der Waals surface area contributed by atoms with Crippen LogP contribution in [0.3, 0.4) is 0 Å². The van der Waals surface area contributed by atoms with Crippen molar-refractivity contribution in [1.29, 1.82) is 0 Å². The van der Waals surface area contributed by atoms with E-state index in [0.29, 0.717) is 0 Å². The predicted molar refractivity (Wildman–Crippen MR) is 88.4 cm³/mol. The van der Waals surface area contributed by atoms with Gasteiger partial charge >= 0.3 is 0 Å². The third kappa shape index (κ3) is 2.39. The third-order valence-electron chi connectivity index (χ3n) is 3.37. The van der Waals surface area contributed by atoms with Crippen molar-refractivity contribution in [3.8, 4) is 0 Å². The first-order chi connectivity index (χ1) is 9.58. The number of halogens is 3. The van der Waals surface area contributed by atoms with E-state index in [0.717, 1.165) is 26.5 Å². The average Bonchev–Trinajstić information content (AvgIpc) is 2.86. The standard InChI is InChI=1S/C16H11BrClFS/c1-9-5-6-10(19)7-12(9)15(18)13-8-20-16-11(13)3-2-4-14(16)17/h2-8,15H,1H3. The van der Waals surface area contributed by atoms with E-state index in [9.17, 15) is 4.39 Å². The van der Waals surface area contributed by atoms with Crippen LogP contribution in [0.15, 0.2) is 46.3 Å². The lowest BCUT2D eigenvalue weighted by Gasteiger charge is -2.12. The Hall–Kier alpha value is -0.900. The number of hydrogen-bond donors (Lipinski definition) is 0. The second-order valence-electron chi connectivity index (χ2n) is 4.67. The molecule has 3 aromatic rings. The summed E-state index contributed by atoms with van der Waals surface area (Å²) in [5.74, 6) is -0.253. The summed E-state index contributed by atoms with van der Waals surface area (Å²) in [6.07, 6.45) is 0. The number of thiophene rings is 1. The quantitative estimate of drug-likeness (QED) is 0.456. The Balaban J connectivity index is 2.15. The number of aryl methyl sites for hydroxylation is 1. The molecule has 20 heavy (non-hydrogen) atoms. The lowest BCUT2D eigenvalue weighted by atomic mass is 9.99. The van der Waals surface area contributed by atoms with Crippen LogP contribution in [0.5, 0.6) is 0 Å². The van der Waals surface area contributed by atoms with E-state index in [4.69, 9.17) is 11.6 Å². The van der Waals surface area contributed by atoms with Gasteiger partial charge in [0.05, 0.1) is 5.38 Å². The zero-order valence-electron chi connectivity index (χ0n) is 10.7. The maximum absolute atomic E-state index is 13.5. The SMILES string of the molecule is Cc1ccc(F)cc1C(Cl)c1csc2c(Br)cccc12. The van der Waals surface area contributed by atoms with Crippen LogP contribution in [0.2, 0.25) is 0 Å². The fourth-order valence-corrected chi connectivity index (χ4v) is 4.43. The van der Waals surface area contributed by atoms with E-state index in [1.54, 1.807) is 17.4 Å². The highest BCUT2D eigenvalue weighted by atomic mass is 79.9. The predicted octanol–water partition coefficient (Wildman–Crippen LogP) is 6.44. The van der Waals surface area contributed by atoms with Gasteiger partial charge in [-0.25, -0.2) is 4.39 Å². The highest BCUT2D eigenvalue weighted by Gasteiger charge is 2.18. The lowest BCUT2D eigenvalue weighted by molar-refractivity contribution is 0.625. The Bertz CT molecular complexity index is 781. The fraction of sp³-hybridized carbons (Fsp3) is 0.125. The van der Waals surface area contributed by atoms with Crippen LogP contribution in [-0.2, 0) is 0 Å². The molecule has 102 valence electrons. The fourth-order valence-electron chi connectivity index (χ4n) is 2.29. The number of rotatable bonds is 2. The molecular weight excluding hydrogens is 359 g/mol. The van der Waals surface area contributed by atoms with E-state index in [-0.39, 0.29) is 11.2 Å². The summed E-state index contributed by atoms with van der Waals surface area (Å²) in [5, 5.41) is 2.83. The van der Waals surface area contributed by atoms with E-state index < -0.39 is 0 Å². The molecule has 0 saturated heterocycles. The first kappa shape index (κ1) is 14.1. The molecule has 1 aromatic heterocycles. The summed E-state index contributed by atoms with van der Waals surface area (Å²) in [6, 6.07) is 10.8. The molecule has 1 unspecified atom stereocenters. The van der Waals surface area contributed by atoms with Gasteiger partial charge in [-0.15, -0.1) is 22.9 Å². The van der Waals surface area contributed by atoms with Gasteiger partial charge in [0.25, 0.3) is 0 Å². The van der Waals surface area contributed by atoms with Crippen molar-refractivity contribution in [3.05, 3.63) is 68.8 Å². The van der Waals surface area contributed by atoms with Crippen LogP contribution in [-0.4, -0.2) is 0 Å². The van der Waals surface area contributed by atoms with Gasteiger partial charge in [-0.3, -0.25) is 0 Å². The van der Waals surface area contributed by atoms with Crippen LogP contribution in [0.4, 0.5) is 4.39 Å². The Kier molecular flexibility index (Phi) is 3.85. The lowest BCUT2D eigenvalue weighted by Crippen LogP contribution is -1.96. The van der Waals surface area contributed by atoms with Crippen LogP contribution >= 0.6 is 38.9 Å². The Morgan fingerprint density at radius 2 is 2.00 bits per heavy atom. The number of hydrogen-bond acceptors (Lipinski definition) is 1. The van der Waals surface area contributed by atoms with E-state index in [1.807, 2.05) is 19.1 Å². The van der Waals surface area contributed by atoms with Gasteiger partial charge in [-0.05, 0) is 68.5 Å². The molecule has 0 aliphatic carbocycles. The molecule has 0 nitrogen and oxygen atoms in total. The molecule has 0 N–H and O–H groups in total. The van der Waals surface area contributed by atoms with Crippen LogP contribution in [0.25, 0.3) is 10.1 Å². The summed E-state index contributed by atoms with van der Waals surface area (Å²) in [7, 11) is 0. The summed E-state index contributed by atoms with van der Waals surface area (Å²) >= 11 is 11.8. The summed E-state index contributed by atoms with van der Waals surface area (Å²) in [6.45, 7) is 1.95. The largest absolute Gasteiger partial charge is 0.207 e. The van der Waals surface area contributed by atoms with Gasteiger partial charge in [0.1, 0.15) is 5.82 Å². The zero-order valence-corrected chi connectivity index (χ0v) is 13.8. The minimum absolute atomic E-state index is 0.253. The van der Waals surface area contributed by atoms with Gasteiger partial charge in [0.2, 0.25) is 0 Å². The molecule has 0 amide bonds. The highest BCUT2D eigenvalue weighted by Crippen LogP contribution is 2.40. The van der Waals surface area contributed by atoms with Crippen LogP contribution in [0, 0.1) is 12.7 Å². The maximum atomic E-state index is 13.5. The van der Waals surface area contributed by atoms with Crippen molar-refractivity contribution in [2.45, 2.75) is 12.3 Å². The normalized spacial score (nSPS) is 12.8. The third-order valence-corrected chi connectivity index (χ3v) is 5.81. The maximum Gasteiger partial charge on any atom is 0.123 e. The first-order valence-electron chi connectivity index (χ1n) is 6.13. The van der Waals surface area contributed by atoms with Crippen molar-refractivity contribution in [3.63, 3.8) is 0 Å². The summed E-state index contributed by atoms with van der Waals surface area (Å²) in [4.78, 5) is 0. The molecular formula is C16H11BrClFS. The van der Waals surface area contributed by atoms with Crippen LogP contribution in [0.1, 0.15) is 22.1 Å². The van der Waals surface area contributed by atoms with Gasteiger partial charge in [-0.2, -0.15) is 0 Å². The highest BCUT2D eigenvalue weighted by molar-refractivity contribution is 9.10. The second kappa shape index (κ2) is 5.47. The molecule has 0 radical (unpaired) electrons. The Labute approximate surface area is 134 Å². The minimum Gasteiger partial charge on any atom is -0.207 e. The van der Waals surface area contributed by atoms with E-state index in [2.05, 4.69) is 27.4 Å². The van der Waals surface area contributed by atoms with Gasteiger partial charge in [-0.1, -0.05) is 18.2 Å². The topological polar surface area (TPSA) is 0 Å². The van der Waals surface area contributed by atoms with Gasteiger partial charge < -0.3 is 0 Å². The van der Waals surface area contributed by atoms with Crippen LogP contribution < -0.4 is 0 Å². The molecule has 0 spiro atoms. The van der Waals surface area contributed by atoms with E-state index in [1.165, 1.54) is 16.8 Å². The van der Waals surface area contributed by atoms with Gasteiger partial charge in [0.15, 0.2) is 0 Å². The van der Waals surface area contributed by atoms with E-state index >= 15 is 0 Å². The Morgan fingerprint density at radius 1 is 1.20 bits per heavy atom. The first-order valence-corrected chi connectivity index (χ1v) is 8.24. The molecule has 4 heteroatoms. The Morgan fingerprint density at radius 3 is 2.80 bits per heavy atom. The number of alkyl halides is 1. The minimum atomic E-state index is -0.339. The number of benzene rings is 2. The zero-order chi connectivity index (χ0) is 14.3. The molecule has 2 aromatic carbocycles. The number of fused-ring (bicyclic) bond motifs is 1. The summed E-state index contributed by atoms with van der Waals surface area (Å²) in [5.41, 5.74) is 2.86. The molecule has 1 heterocycles.